The summed E-state index contributed by atoms with van der Waals surface area (Å²) >= 11 is 3.87. The van der Waals surface area contributed by atoms with Crippen molar-refractivity contribution in [2.24, 2.45) is 0 Å². The maximum atomic E-state index is 11.9. The van der Waals surface area contributed by atoms with Gasteiger partial charge in [-0.15, -0.1) is 11.8 Å². The van der Waals surface area contributed by atoms with Crippen LogP contribution in [-0.4, -0.2) is 21.8 Å². The maximum Gasteiger partial charge on any atom is 0.337 e. The largest absolute Gasteiger partial charge is 0.465 e. The maximum absolute atomic E-state index is 11.9. The summed E-state index contributed by atoms with van der Waals surface area (Å²) in [6.45, 7) is 4.42. The van der Waals surface area contributed by atoms with Crippen molar-refractivity contribution in [2.75, 3.05) is 12.4 Å². The molecule has 1 heterocycles. The lowest BCUT2D eigenvalue weighted by molar-refractivity contribution is -0.145. The van der Waals surface area contributed by atoms with Crippen LogP contribution in [0.5, 0.6) is 0 Å². The number of hydrogen-bond acceptors (Lipinski definition) is 5. The Morgan fingerprint density at radius 1 is 1.19 bits per heavy atom. The van der Waals surface area contributed by atoms with Crippen LogP contribution in [0.15, 0.2) is 44.4 Å². The van der Waals surface area contributed by atoms with Gasteiger partial charge in [-0.05, 0) is 38.0 Å². The smallest absolute Gasteiger partial charge is 0.337 e. The second kappa shape index (κ2) is 11.1. The zero-order valence-electron chi connectivity index (χ0n) is 16.0. The fourth-order valence-corrected chi connectivity index (χ4v) is 3.81. The van der Waals surface area contributed by atoms with E-state index in [1.807, 2.05) is 38.1 Å². The number of ether oxygens (including phenoxy) is 1. The van der Waals surface area contributed by atoms with Crippen LogP contribution in [0.1, 0.15) is 52.4 Å². The molecule has 0 N–H and O–H groups in total. The van der Waals surface area contributed by atoms with E-state index in [0.29, 0.717) is 12.2 Å². The number of benzene rings is 1. The van der Waals surface area contributed by atoms with E-state index in [0.717, 1.165) is 54.6 Å². The van der Waals surface area contributed by atoms with Gasteiger partial charge in [-0.1, -0.05) is 67.0 Å². The molecule has 27 heavy (non-hydrogen) atoms. The summed E-state index contributed by atoms with van der Waals surface area (Å²) < 4.78 is 10.2. The van der Waals surface area contributed by atoms with E-state index in [4.69, 9.17) is 9.15 Å². The molecule has 1 aromatic heterocycles. The molecule has 1 unspecified atom stereocenters. The van der Waals surface area contributed by atoms with Gasteiger partial charge in [0, 0.05) is 16.3 Å². The monoisotopic (exact) mass is 502 g/mol. The molecule has 1 aromatic carbocycles. The number of halogens is 1. The lowest BCUT2D eigenvalue weighted by atomic mass is 10.1. The first-order valence-corrected chi connectivity index (χ1v) is 11.5. The number of unbranched alkanes of at least 4 members (excludes halogenated alkanes) is 4. The first-order chi connectivity index (χ1) is 12.9. The highest BCUT2D eigenvalue weighted by Crippen LogP contribution is 2.27. The molecule has 0 radical (unpaired) electrons. The number of rotatable bonds is 11. The number of esters is 1. The van der Waals surface area contributed by atoms with Gasteiger partial charge in [0.2, 0.25) is 0 Å². The molecule has 148 valence electrons. The first-order valence-electron chi connectivity index (χ1n) is 9.46. The van der Waals surface area contributed by atoms with Crippen LogP contribution in [0.2, 0.25) is 0 Å². The van der Waals surface area contributed by atoms with E-state index < -0.39 is 3.42 Å². The Labute approximate surface area is 178 Å². The van der Waals surface area contributed by atoms with Gasteiger partial charge in [0.1, 0.15) is 9.00 Å². The van der Waals surface area contributed by atoms with Crippen molar-refractivity contribution in [1.29, 1.82) is 0 Å². The molecule has 2 aromatic rings. The molecule has 0 saturated carbocycles. The van der Waals surface area contributed by atoms with Gasteiger partial charge in [0.25, 0.3) is 0 Å². The summed E-state index contributed by atoms with van der Waals surface area (Å²) in [6, 6.07) is 9.23. The lowest BCUT2D eigenvalue weighted by Gasteiger charge is -2.18. The molecule has 6 heteroatoms. The van der Waals surface area contributed by atoms with Crippen molar-refractivity contribution < 1.29 is 13.9 Å². The minimum absolute atomic E-state index is 0.110. The van der Waals surface area contributed by atoms with Crippen molar-refractivity contribution in [2.45, 2.75) is 60.7 Å². The number of carbonyl (C=O) groups is 1. The zero-order chi connectivity index (χ0) is 19.7. The minimum Gasteiger partial charge on any atom is -0.465 e. The second-order valence-corrected chi connectivity index (χ2v) is 10.2. The van der Waals surface area contributed by atoms with Crippen LogP contribution in [0.25, 0.3) is 11.0 Å². The molecule has 0 aliphatic rings. The van der Waals surface area contributed by atoms with Gasteiger partial charge in [0.15, 0.2) is 0 Å². The standard InChI is InChI=1S/C21H27IO4S/c1-3-21(2,22)20(24)25-13-9-5-4-6-10-14-27-18-15-19(23)26-17-12-8-7-11-16(17)18/h7-8,11-12,15H,3-6,9-10,13-14H2,1-2H3. The Morgan fingerprint density at radius 3 is 2.67 bits per heavy atom. The third-order valence-corrected chi connectivity index (χ3v) is 6.83. The molecule has 0 amide bonds. The summed E-state index contributed by atoms with van der Waals surface area (Å²) in [4.78, 5) is 24.5. The van der Waals surface area contributed by atoms with Crippen molar-refractivity contribution >= 4 is 51.3 Å². The van der Waals surface area contributed by atoms with Gasteiger partial charge in [-0.25, -0.2) is 4.79 Å². The molecular formula is C21H27IO4S. The predicted octanol–water partition coefficient (Wildman–Crippen LogP) is 5.98. The molecule has 0 saturated heterocycles. The second-order valence-electron chi connectivity index (χ2n) is 6.73. The lowest BCUT2D eigenvalue weighted by Crippen LogP contribution is -2.29. The van der Waals surface area contributed by atoms with E-state index in [9.17, 15) is 9.59 Å². The van der Waals surface area contributed by atoms with Crippen molar-refractivity contribution in [1.82, 2.24) is 0 Å². The van der Waals surface area contributed by atoms with Crippen LogP contribution < -0.4 is 5.63 Å². The Balaban J connectivity index is 1.61. The number of alkyl halides is 1. The molecule has 0 bridgehead atoms. The summed E-state index contributed by atoms with van der Waals surface area (Å²) in [5.74, 6) is 0.869. The molecule has 0 spiro atoms. The van der Waals surface area contributed by atoms with E-state index in [-0.39, 0.29) is 11.6 Å². The fourth-order valence-electron chi connectivity index (χ4n) is 2.58. The van der Waals surface area contributed by atoms with Crippen LogP contribution >= 0.6 is 34.4 Å². The van der Waals surface area contributed by atoms with E-state index >= 15 is 0 Å². The molecule has 1 atom stereocenters. The number of carbonyl (C=O) groups excluding carboxylic acids is 1. The van der Waals surface area contributed by atoms with Crippen LogP contribution in [0, 0.1) is 0 Å². The third-order valence-electron chi connectivity index (χ3n) is 4.48. The summed E-state index contributed by atoms with van der Waals surface area (Å²) in [7, 11) is 0. The molecule has 0 aliphatic carbocycles. The summed E-state index contributed by atoms with van der Waals surface area (Å²) in [6.07, 6.45) is 6.13. The molecule has 0 aliphatic heterocycles. The quantitative estimate of drug-likeness (QED) is 0.0945. The van der Waals surface area contributed by atoms with Crippen LogP contribution in [-0.2, 0) is 9.53 Å². The SMILES string of the molecule is CCC(C)(I)C(=O)OCCCCCCCSc1cc(=O)oc2ccccc12. The van der Waals surface area contributed by atoms with Crippen molar-refractivity contribution in [3.05, 3.63) is 40.8 Å². The highest BCUT2D eigenvalue weighted by Gasteiger charge is 2.28. The van der Waals surface area contributed by atoms with Crippen molar-refractivity contribution in [3.8, 4) is 0 Å². The van der Waals surface area contributed by atoms with Crippen LogP contribution in [0.4, 0.5) is 0 Å². The average molecular weight is 502 g/mol. The van der Waals surface area contributed by atoms with Gasteiger partial charge in [0.05, 0.1) is 6.61 Å². The molecule has 2 rings (SSSR count). The van der Waals surface area contributed by atoms with Gasteiger partial charge in [-0.2, -0.15) is 0 Å². The highest BCUT2D eigenvalue weighted by molar-refractivity contribution is 14.1. The van der Waals surface area contributed by atoms with Gasteiger partial charge in [-0.3, -0.25) is 4.79 Å². The third kappa shape index (κ3) is 7.14. The van der Waals surface area contributed by atoms with Crippen molar-refractivity contribution in [3.63, 3.8) is 0 Å². The first kappa shape index (κ1) is 22.3. The molecule has 0 fully saturated rings. The van der Waals surface area contributed by atoms with Crippen LogP contribution in [0.3, 0.4) is 0 Å². The van der Waals surface area contributed by atoms with Gasteiger partial charge >= 0.3 is 11.6 Å². The molecular weight excluding hydrogens is 475 g/mol. The summed E-state index contributed by atoms with van der Waals surface area (Å²) in [5.41, 5.74) is 0.351. The Morgan fingerprint density at radius 2 is 1.89 bits per heavy atom. The topological polar surface area (TPSA) is 56.5 Å². The Kier molecular flexibility index (Phi) is 9.15. The minimum atomic E-state index is -0.409. The number of hydrogen-bond donors (Lipinski definition) is 0. The Hall–Kier alpha value is -1.02. The van der Waals surface area contributed by atoms with Gasteiger partial charge < -0.3 is 9.15 Å². The predicted molar refractivity (Wildman–Crippen MR) is 120 cm³/mol. The molecule has 4 nitrogen and oxygen atoms in total. The zero-order valence-corrected chi connectivity index (χ0v) is 18.9. The number of para-hydroxylation sites is 1. The summed E-state index contributed by atoms with van der Waals surface area (Å²) in [5, 5.41) is 0.998. The Bertz CT molecular complexity index is 800. The van der Waals surface area contributed by atoms with E-state index in [2.05, 4.69) is 22.6 Å². The normalized spacial score (nSPS) is 13.4. The number of fused-ring (bicyclic) bond motifs is 1. The average Bonchev–Trinajstić information content (AvgIpc) is 2.66. The highest BCUT2D eigenvalue weighted by atomic mass is 127. The van der Waals surface area contributed by atoms with E-state index in [1.165, 1.54) is 0 Å². The van der Waals surface area contributed by atoms with E-state index in [1.54, 1.807) is 17.8 Å². The number of thioether (sulfide) groups is 1. The fraction of sp³-hybridized carbons (Fsp3) is 0.524.